The molecule has 2 aliphatic rings. The fourth-order valence-electron chi connectivity index (χ4n) is 5.33. The van der Waals surface area contributed by atoms with Crippen molar-refractivity contribution < 1.29 is 26.7 Å². The van der Waals surface area contributed by atoms with Gasteiger partial charge in [-0.15, -0.1) is 5.10 Å². The van der Waals surface area contributed by atoms with Crippen molar-refractivity contribution >= 4 is 21.4 Å². The first-order valence-electron chi connectivity index (χ1n) is 11.3. The van der Waals surface area contributed by atoms with Crippen molar-refractivity contribution in [1.29, 1.82) is 0 Å². The Morgan fingerprint density at radius 2 is 1.86 bits per heavy atom. The molecule has 3 aromatic rings. The van der Waals surface area contributed by atoms with E-state index < -0.39 is 38.9 Å². The van der Waals surface area contributed by atoms with Gasteiger partial charge in [0, 0.05) is 34.7 Å². The van der Waals surface area contributed by atoms with Gasteiger partial charge in [-0.25, -0.2) is 17.2 Å². The van der Waals surface area contributed by atoms with E-state index in [1.54, 1.807) is 12.1 Å². The summed E-state index contributed by atoms with van der Waals surface area (Å²) < 4.78 is 67.5. The molecular formula is C25H23ClF2N2O4S. The van der Waals surface area contributed by atoms with E-state index in [0.717, 1.165) is 17.7 Å². The number of sulfone groups is 1. The van der Waals surface area contributed by atoms with Crippen LogP contribution in [0.2, 0.25) is 5.02 Å². The minimum absolute atomic E-state index is 0.0802. The molecular weight excluding hydrogens is 498 g/mol. The summed E-state index contributed by atoms with van der Waals surface area (Å²) in [6.07, 6.45) is 1.85. The lowest BCUT2D eigenvalue weighted by Gasteiger charge is -2.51. The van der Waals surface area contributed by atoms with E-state index in [0.29, 0.717) is 17.9 Å². The Hall–Kier alpha value is -2.62. The van der Waals surface area contributed by atoms with Crippen molar-refractivity contribution in [3.05, 3.63) is 82.5 Å². The van der Waals surface area contributed by atoms with Crippen molar-refractivity contribution in [3.8, 4) is 5.75 Å². The quantitative estimate of drug-likeness (QED) is 0.474. The van der Waals surface area contributed by atoms with Crippen molar-refractivity contribution in [3.63, 3.8) is 0 Å². The molecule has 2 aromatic carbocycles. The van der Waals surface area contributed by atoms with Gasteiger partial charge in [-0.05, 0) is 61.2 Å². The number of rotatable bonds is 6. The first kappa shape index (κ1) is 24.1. The van der Waals surface area contributed by atoms with Crippen LogP contribution >= 0.6 is 11.6 Å². The van der Waals surface area contributed by atoms with Crippen LogP contribution in [0.3, 0.4) is 0 Å². The minimum atomic E-state index is -3.70. The van der Waals surface area contributed by atoms with Gasteiger partial charge in [0.25, 0.3) is 0 Å². The number of hydrogen-bond acceptors (Lipinski definition) is 6. The lowest BCUT2D eigenvalue weighted by molar-refractivity contribution is -0.0963. The fraction of sp³-hybridized carbons (Fsp3) is 0.360. The molecule has 3 atom stereocenters. The molecule has 0 bridgehead atoms. The molecule has 0 radical (unpaired) electrons. The second-order valence-corrected chi connectivity index (χ2v) is 11.4. The number of benzene rings is 2. The van der Waals surface area contributed by atoms with Gasteiger partial charge in [0.15, 0.2) is 26.4 Å². The third kappa shape index (κ3) is 4.52. The molecule has 2 aliphatic heterocycles. The number of hydrogen-bond donors (Lipinski definition) is 0. The smallest absolute Gasteiger partial charge is 0.197 e. The number of nitrogens with zero attached hydrogens (tertiary/aromatic N) is 2. The summed E-state index contributed by atoms with van der Waals surface area (Å²) in [7, 11) is -3.70. The average molecular weight is 521 g/mol. The molecule has 0 spiro atoms. The number of halogens is 3. The van der Waals surface area contributed by atoms with Crippen LogP contribution in [-0.4, -0.2) is 43.7 Å². The highest BCUT2D eigenvalue weighted by Gasteiger charge is 2.53. The minimum Gasteiger partial charge on any atom is -0.490 e. The predicted octanol–water partition coefficient (Wildman–Crippen LogP) is 4.55. The van der Waals surface area contributed by atoms with Gasteiger partial charge < -0.3 is 9.47 Å². The first-order valence-corrected chi connectivity index (χ1v) is 13.3. The molecule has 6 nitrogen and oxygen atoms in total. The standard InChI is InChI=1S/C25H23ClF2N2O4S/c26-17-5-3-16(4-6-17)14-25-10-12-33-21(9-13-35(31,32)22-2-1-11-29-30-22)18(25)15-34-24-20(28)8-7-19(27)23(24)25/h1-8,11,18,21H,9-10,12-15H2/t18-,21-,25-/m0/s1. The summed E-state index contributed by atoms with van der Waals surface area (Å²) in [5.41, 5.74) is 0.254. The molecule has 3 heterocycles. The summed E-state index contributed by atoms with van der Waals surface area (Å²) in [5.74, 6) is -1.87. The zero-order chi connectivity index (χ0) is 24.6. The molecule has 1 fully saturated rings. The first-order chi connectivity index (χ1) is 16.8. The van der Waals surface area contributed by atoms with E-state index in [-0.39, 0.29) is 41.7 Å². The van der Waals surface area contributed by atoms with Crippen LogP contribution in [0.4, 0.5) is 8.78 Å². The van der Waals surface area contributed by atoms with Gasteiger partial charge in [-0.2, -0.15) is 5.10 Å². The largest absolute Gasteiger partial charge is 0.490 e. The van der Waals surface area contributed by atoms with Crippen molar-refractivity contribution in [2.45, 2.75) is 35.8 Å². The summed E-state index contributed by atoms with van der Waals surface area (Å²) in [4.78, 5) is 0. The third-order valence-electron chi connectivity index (χ3n) is 6.97. The third-order valence-corrected chi connectivity index (χ3v) is 8.85. The molecule has 0 N–H and O–H groups in total. The van der Waals surface area contributed by atoms with Crippen molar-refractivity contribution in [2.24, 2.45) is 5.92 Å². The van der Waals surface area contributed by atoms with E-state index in [9.17, 15) is 12.8 Å². The molecule has 0 saturated carbocycles. The number of aromatic nitrogens is 2. The molecule has 0 unspecified atom stereocenters. The lowest BCUT2D eigenvalue weighted by Crippen LogP contribution is -2.55. The maximum absolute atomic E-state index is 15.3. The van der Waals surface area contributed by atoms with E-state index >= 15 is 4.39 Å². The SMILES string of the molecule is O=S(=O)(CC[C@@H]1OCC[C@@]2(Cc3ccc(Cl)cc3)c3c(F)ccc(F)c3OC[C@@H]12)c1cccnn1. The number of fused-ring (bicyclic) bond motifs is 3. The van der Waals surface area contributed by atoms with E-state index in [4.69, 9.17) is 21.1 Å². The van der Waals surface area contributed by atoms with Gasteiger partial charge in [-0.1, -0.05) is 23.7 Å². The molecule has 184 valence electrons. The Morgan fingerprint density at radius 1 is 1.09 bits per heavy atom. The van der Waals surface area contributed by atoms with Crippen LogP contribution in [0.1, 0.15) is 24.0 Å². The van der Waals surface area contributed by atoms with Crippen LogP contribution in [0, 0.1) is 17.6 Å². The maximum atomic E-state index is 15.3. The van der Waals surface area contributed by atoms with E-state index in [1.165, 1.54) is 18.3 Å². The van der Waals surface area contributed by atoms with Gasteiger partial charge in [-0.3, -0.25) is 0 Å². The summed E-state index contributed by atoms with van der Waals surface area (Å²) in [6.45, 7) is 0.353. The van der Waals surface area contributed by atoms with Crippen LogP contribution in [-0.2, 0) is 26.4 Å². The molecule has 10 heteroatoms. The zero-order valence-corrected chi connectivity index (χ0v) is 20.2. The zero-order valence-electron chi connectivity index (χ0n) is 18.7. The van der Waals surface area contributed by atoms with Gasteiger partial charge in [0.1, 0.15) is 5.82 Å². The highest BCUT2D eigenvalue weighted by Crippen LogP contribution is 2.52. The second-order valence-electron chi connectivity index (χ2n) is 8.94. The summed E-state index contributed by atoms with van der Waals surface area (Å²) in [6, 6.07) is 12.3. The van der Waals surface area contributed by atoms with Crippen LogP contribution in [0.5, 0.6) is 5.75 Å². The average Bonchev–Trinajstić information content (AvgIpc) is 2.86. The molecule has 0 amide bonds. The summed E-state index contributed by atoms with van der Waals surface area (Å²) >= 11 is 6.06. The Morgan fingerprint density at radius 3 is 2.60 bits per heavy atom. The summed E-state index contributed by atoms with van der Waals surface area (Å²) in [5, 5.41) is 7.83. The predicted molar refractivity (Wildman–Crippen MR) is 125 cm³/mol. The monoisotopic (exact) mass is 520 g/mol. The molecule has 1 saturated heterocycles. The highest BCUT2D eigenvalue weighted by molar-refractivity contribution is 7.91. The Balaban J connectivity index is 1.52. The Labute approximate surface area is 207 Å². The van der Waals surface area contributed by atoms with Gasteiger partial charge >= 0.3 is 0 Å². The van der Waals surface area contributed by atoms with Gasteiger partial charge in [0.05, 0.1) is 18.5 Å². The van der Waals surface area contributed by atoms with Gasteiger partial charge in [0.2, 0.25) is 0 Å². The Bertz CT molecular complexity index is 1330. The second kappa shape index (κ2) is 9.44. The van der Waals surface area contributed by atoms with Crippen LogP contribution < -0.4 is 4.74 Å². The van der Waals surface area contributed by atoms with Crippen LogP contribution in [0.25, 0.3) is 0 Å². The molecule has 5 rings (SSSR count). The molecule has 0 aliphatic carbocycles. The number of ether oxygens (including phenoxy) is 2. The lowest BCUT2D eigenvalue weighted by atomic mass is 9.60. The Kier molecular flexibility index (Phi) is 6.50. The van der Waals surface area contributed by atoms with Crippen molar-refractivity contribution in [2.75, 3.05) is 19.0 Å². The molecule has 35 heavy (non-hydrogen) atoms. The van der Waals surface area contributed by atoms with Crippen molar-refractivity contribution in [1.82, 2.24) is 10.2 Å². The van der Waals surface area contributed by atoms with E-state index in [1.807, 2.05) is 12.1 Å². The van der Waals surface area contributed by atoms with E-state index in [2.05, 4.69) is 10.2 Å². The topological polar surface area (TPSA) is 78.4 Å². The molecule has 1 aromatic heterocycles. The normalized spacial score (nSPS) is 23.7. The fourth-order valence-corrected chi connectivity index (χ4v) is 6.66. The van der Waals surface area contributed by atoms with Crippen LogP contribution in [0.15, 0.2) is 59.8 Å². The maximum Gasteiger partial charge on any atom is 0.197 e. The highest BCUT2D eigenvalue weighted by atomic mass is 35.5.